The molecule has 1 aromatic carbocycles. The van der Waals surface area contributed by atoms with Gasteiger partial charge in [0.05, 0.1) is 6.61 Å². The summed E-state index contributed by atoms with van der Waals surface area (Å²) >= 11 is 0. The number of guanidine groups is 1. The number of likely N-dealkylation sites (N-methyl/N-ethyl adjacent to an activating group) is 1. The van der Waals surface area contributed by atoms with Gasteiger partial charge in [0, 0.05) is 65.5 Å². The summed E-state index contributed by atoms with van der Waals surface area (Å²) in [4.78, 5) is 9.29. The number of ether oxygens (including phenoxy) is 2. The van der Waals surface area contributed by atoms with Gasteiger partial charge in [-0.05, 0) is 45.1 Å². The quantitative estimate of drug-likeness (QED) is 0.209. The van der Waals surface area contributed by atoms with Crippen molar-refractivity contribution in [2.75, 3.05) is 73.7 Å². The molecule has 0 unspecified atom stereocenters. The molecule has 1 heterocycles. The maximum atomic E-state index is 5.98. The van der Waals surface area contributed by atoms with Crippen molar-refractivity contribution < 1.29 is 9.47 Å². The summed E-state index contributed by atoms with van der Waals surface area (Å²) in [7, 11) is 5.73. The zero-order chi connectivity index (χ0) is 20.9. The molecule has 1 aliphatic rings. The SMILES string of the molecule is CN=C(NCCN1CCCN(C)CC1)NCc1ccc(C)cc1OCCCOC.I. The molecule has 0 bridgehead atoms. The first-order chi connectivity index (χ1) is 14.1. The van der Waals surface area contributed by atoms with E-state index in [1.54, 1.807) is 7.11 Å². The van der Waals surface area contributed by atoms with Crippen LogP contribution in [-0.2, 0) is 11.3 Å². The van der Waals surface area contributed by atoms with Crippen LogP contribution in [0.2, 0.25) is 0 Å². The highest BCUT2D eigenvalue weighted by molar-refractivity contribution is 14.0. The van der Waals surface area contributed by atoms with Crippen molar-refractivity contribution in [3.05, 3.63) is 29.3 Å². The van der Waals surface area contributed by atoms with Gasteiger partial charge in [-0.1, -0.05) is 12.1 Å². The molecular weight excluding hydrogens is 493 g/mol. The lowest BCUT2D eigenvalue weighted by Crippen LogP contribution is -2.42. The number of rotatable bonds is 10. The van der Waals surface area contributed by atoms with Crippen LogP contribution in [0, 0.1) is 6.92 Å². The maximum Gasteiger partial charge on any atom is 0.191 e. The van der Waals surface area contributed by atoms with E-state index < -0.39 is 0 Å². The molecular formula is C22H40IN5O2. The third-order valence-electron chi connectivity index (χ3n) is 5.18. The third-order valence-corrected chi connectivity index (χ3v) is 5.18. The Morgan fingerprint density at radius 3 is 2.73 bits per heavy atom. The predicted octanol–water partition coefficient (Wildman–Crippen LogP) is 2.33. The number of hydrogen-bond acceptors (Lipinski definition) is 5. The third kappa shape index (κ3) is 10.3. The van der Waals surface area contributed by atoms with Crippen molar-refractivity contribution in [1.29, 1.82) is 0 Å². The average molecular weight is 533 g/mol. The van der Waals surface area contributed by atoms with Crippen LogP contribution in [0.1, 0.15) is 24.0 Å². The number of aryl methyl sites for hydroxylation is 1. The highest BCUT2D eigenvalue weighted by atomic mass is 127. The lowest BCUT2D eigenvalue weighted by atomic mass is 10.1. The number of nitrogens with zero attached hydrogens (tertiary/aromatic N) is 3. The van der Waals surface area contributed by atoms with Crippen LogP contribution in [0.4, 0.5) is 0 Å². The van der Waals surface area contributed by atoms with Crippen LogP contribution in [0.15, 0.2) is 23.2 Å². The fourth-order valence-electron chi connectivity index (χ4n) is 3.38. The van der Waals surface area contributed by atoms with E-state index in [0.717, 1.165) is 49.9 Å². The predicted molar refractivity (Wildman–Crippen MR) is 135 cm³/mol. The van der Waals surface area contributed by atoms with Crippen molar-refractivity contribution in [2.24, 2.45) is 4.99 Å². The molecule has 0 aliphatic carbocycles. The summed E-state index contributed by atoms with van der Waals surface area (Å²) < 4.78 is 11.1. The molecule has 7 nitrogen and oxygen atoms in total. The molecule has 172 valence electrons. The molecule has 1 aromatic rings. The highest BCUT2D eigenvalue weighted by Gasteiger charge is 2.12. The minimum absolute atomic E-state index is 0. The monoisotopic (exact) mass is 533 g/mol. The fourth-order valence-corrected chi connectivity index (χ4v) is 3.38. The summed E-state index contributed by atoms with van der Waals surface area (Å²) in [5.41, 5.74) is 2.33. The van der Waals surface area contributed by atoms with Gasteiger partial charge in [-0.25, -0.2) is 0 Å². The second kappa shape index (κ2) is 15.7. The van der Waals surface area contributed by atoms with E-state index in [2.05, 4.69) is 57.6 Å². The summed E-state index contributed by atoms with van der Waals surface area (Å²) in [6.07, 6.45) is 2.12. The molecule has 1 fully saturated rings. The molecule has 30 heavy (non-hydrogen) atoms. The van der Waals surface area contributed by atoms with Gasteiger partial charge in [0.15, 0.2) is 5.96 Å². The Kier molecular flexibility index (Phi) is 14.1. The molecule has 8 heteroatoms. The number of halogens is 1. The summed E-state index contributed by atoms with van der Waals surface area (Å²) in [5, 5.41) is 6.85. The first-order valence-corrected chi connectivity index (χ1v) is 10.7. The van der Waals surface area contributed by atoms with Gasteiger partial charge in [-0.15, -0.1) is 24.0 Å². The van der Waals surface area contributed by atoms with Gasteiger partial charge >= 0.3 is 0 Å². The van der Waals surface area contributed by atoms with Gasteiger partial charge in [0.2, 0.25) is 0 Å². The molecule has 0 saturated carbocycles. The number of hydrogen-bond donors (Lipinski definition) is 2. The highest BCUT2D eigenvalue weighted by Crippen LogP contribution is 2.20. The van der Waals surface area contributed by atoms with Gasteiger partial charge in [-0.2, -0.15) is 0 Å². The maximum absolute atomic E-state index is 5.98. The molecule has 0 atom stereocenters. The Morgan fingerprint density at radius 2 is 1.97 bits per heavy atom. The van der Waals surface area contributed by atoms with Crippen molar-refractivity contribution in [3.8, 4) is 5.75 Å². The van der Waals surface area contributed by atoms with E-state index in [0.29, 0.717) is 19.8 Å². The molecule has 2 N–H and O–H groups in total. The molecule has 0 spiro atoms. The van der Waals surface area contributed by atoms with Crippen molar-refractivity contribution in [3.63, 3.8) is 0 Å². The van der Waals surface area contributed by atoms with Crippen molar-refractivity contribution in [1.82, 2.24) is 20.4 Å². The number of aliphatic imine (C=N–C) groups is 1. The lowest BCUT2D eigenvalue weighted by Gasteiger charge is -2.21. The van der Waals surface area contributed by atoms with Crippen LogP contribution in [-0.4, -0.2) is 89.4 Å². The molecule has 2 rings (SSSR count). The minimum atomic E-state index is 0. The first kappa shape index (κ1) is 26.9. The van der Waals surface area contributed by atoms with Crippen LogP contribution >= 0.6 is 24.0 Å². The number of methoxy groups -OCH3 is 1. The zero-order valence-electron chi connectivity index (χ0n) is 19.1. The molecule has 0 amide bonds. The van der Waals surface area contributed by atoms with Crippen molar-refractivity contribution >= 4 is 29.9 Å². The van der Waals surface area contributed by atoms with E-state index in [-0.39, 0.29) is 24.0 Å². The smallest absolute Gasteiger partial charge is 0.191 e. The Labute approximate surface area is 199 Å². The van der Waals surface area contributed by atoms with Crippen molar-refractivity contribution in [2.45, 2.75) is 26.3 Å². The van der Waals surface area contributed by atoms with Gasteiger partial charge in [0.25, 0.3) is 0 Å². The second-order valence-corrected chi connectivity index (χ2v) is 7.66. The van der Waals surface area contributed by atoms with Crippen LogP contribution in [0.5, 0.6) is 5.75 Å². The second-order valence-electron chi connectivity index (χ2n) is 7.66. The van der Waals surface area contributed by atoms with Gasteiger partial charge in [0.1, 0.15) is 5.75 Å². The van der Waals surface area contributed by atoms with Crippen LogP contribution < -0.4 is 15.4 Å². The van der Waals surface area contributed by atoms with E-state index in [9.17, 15) is 0 Å². The fraction of sp³-hybridized carbons (Fsp3) is 0.682. The van der Waals surface area contributed by atoms with E-state index >= 15 is 0 Å². The normalized spacial score (nSPS) is 15.9. The lowest BCUT2D eigenvalue weighted by molar-refractivity contribution is 0.171. The largest absolute Gasteiger partial charge is 0.493 e. The van der Waals surface area contributed by atoms with Gasteiger partial charge < -0.3 is 29.9 Å². The molecule has 1 aliphatic heterocycles. The Balaban J connectivity index is 0.00000450. The van der Waals surface area contributed by atoms with E-state index in [1.165, 1.54) is 25.1 Å². The van der Waals surface area contributed by atoms with Crippen LogP contribution in [0.25, 0.3) is 0 Å². The topological polar surface area (TPSA) is 61.4 Å². The van der Waals surface area contributed by atoms with E-state index in [4.69, 9.17) is 9.47 Å². The first-order valence-electron chi connectivity index (χ1n) is 10.7. The van der Waals surface area contributed by atoms with E-state index in [1.807, 2.05) is 7.05 Å². The Bertz CT molecular complexity index is 630. The molecule has 0 radical (unpaired) electrons. The summed E-state index contributed by atoms with van der Waals surface area (Å²) in [5.74, 6) is 1.75. The Morgan fingerprint density at radius 1 is 1.13 bits per heavy atom. The molecule has 0 aromatic heterocycles. The number of nitrogens with one attached hydrogen (secondary N) is 2. The molecule has 1 saturated heterocycles. The van der Waals surface area contributed by atoms with Gasteiger partial charge in [-0.3, -0.25) is 4.99 Å². The Hall–Kier alpha value is -1.10. The summed E-state index contributed by atoms with van der Waals surface area (Å²) in [6, 6.07) is 6.33. The number of benzene rings is 1. The summed E-state index contributed by atoms with van der Waals surface area (Å²) in [6.45, 7) is 10.7. The van der Waals surface area contributed by atoms with Crippen LogP contribution in [0.3, 0.4) is 0 Å². The zero-order valence-corrected chi connectivity index (χ0v) is 21.4. The average Bonchev–Trinajstić information content (AvgIpc) is 2.93. The minimum Gasteiger partial charge on any atom is -0.493 e. The standard InChI is InChI=1S/C22H39N5O2.HI/c1-19-7-8-20(21(17-19)29-16-6-15-28-4)18-25-22(23-2)24-9-12-27-11-5-10-26(3)13-14-27;/h7-8,17H,5-6,9-16,18H2,1-4H3,(H2,23,24,25);1H.